The van der Waals surface area contributed by atoms with Gasteiger partial charge in [0.2, 0.25) is 0 Å². The molecule has 1 spiro atoms. The van der Waals surface area contributed by atoms with E-state index >= 15 is 0 Å². The first-order valence-corrected chi connectivity index (χ1v) is 22.2. The van der Waals surface area contributed by atoms with E-state index < -0.39 is 12.9 Å². The maximum atomic E-state index is 13.1. The molecule has 3 aliphatic carbocycles. The van der Waals surface area contributed by atoms with Crippen molar-refractivity contribution in [2.75, 3.05) is 0 Å². The van der Waals surface area contributed by atoms with Gasteiger partial charge in [-0.25, -0.2) is 0 Å². The zero-order valence-corrected chi connectivity index (χ0v) is 33.5. The summed E-state index contributed by atoms with van der Waals surface area (Å²) in [6.07, 6.45) is 2.45. The van der Waals surface area contributed by atoms with Crippen LogP contribution in [0.5, 0.6) is 0 Å². The zero-order chi connectivity index (χ0) is 37.6. The van der Waals surface area contributed by atoms with Crippen LogP contribution in [0, 0.1) is 0 Å². The molecular formula is C53H38BrOP. The van der Waals surface area contributed by atoms with Gasteiger partial charge < -0.3 is 0 Å². The van der Waals surface area contributed by atoms with E-state index in [0.29, 0.717) is 0 Å². The van der Waals surface area contributed by atoms with Crippen LogP contribution in [0.1, 0.15) is 51.8 Å². The number of hydrogen-bond donors (Lipinski definition) is 1. The molecule has 0 aromatic heterocycles. The quantitative estimate of drug-likeness (QED) is 0.176. The van der Waals surface area contributed by atoms with Gasteiger partial charge in [0, 0.05) is 0 Å². The van der Waals surface area contributed by atoms with Crippen LogP contribution in [0.4, 0.5) is 0 Å². The van der Waals surface area contributed by atoms with E-state index in [0.717, 1.165) is 25.9 Å². The number of allylic oxidation sites excluding steroid dienone is 1. The van der Waals surface area contributed by atoms with Gasteiger partial charge in [-0.3, -0.25) is 0 Å². The standard InChI is InChI=1S/C53H38BrOP/c1-34-30-46(35-31-36(54)33-39(32-35)56(55,37-16-4-2-5-17-37)38-18-6-3-7-19-38)44-28-29-50-52(51(44)43-23-9-8-20-40(34)43)45-24-12-15-27-49(45)53(50)47-25-13-10-21-41(47)42-22-11-14-26-48(42)53/h2-34,55-56H,1H3/t34-/m1/s1. The Labute approximate surface area is 337 Å². The maximum absolute atomic E-state index is 13.1. The van der Waals surface area contributed by atoms with Gasteiger partial charge in [0.05, 0.1) is 0 Å². The van der Waals surface area contributed by atoms with Crippen molar-refractivity contribution in [1.82, 2.24) is 0 Å². The summed E-state index contributed by atoms with van der Waals surface area (Å²) in [6.45, 7) is 2.32. The molecule has 0 bridgehead atoms. The van der Waals surface area contributed by atoms with E-state index in [2.05, 4.69) is 181 Å². The fourth-order valence-corrected chi connectivity index (χ4v) is 14.1. The Hall–Kier alpha value is -5.63. The molecule has 8 aromatic carbocycles. The summed E-state index contributed by atoms with van der Waals surface area (Å²) < 4.78 is 0.948. The van der Waals surface area contributed by atoms with Crippen LogP contribution in [0.15, 0.2) is 199 Å². The molecule has 1 nitrogen and oxygen atoms in total. The molecule has 11 rings (SSSR count). The first-order chi connectivity index (χ1) is 27.5. The number of hydrogen-bond acceptors (Lipinski definition) is 1. The second-order valence-electron chi connectivity index (χ2n) is 15.4. The Morgan fingerprint density at radius 2 is 0.982 bits per heavy atom. The van der Waals surface area contributed by atoms with E-state index in [4.69, 9.17) is 0 Å². The summed E-state index contributed by atoms with van der Waals surface area (Å²) in [6, 6.07) is 68.1. The summed E-state index contributed by atoms with van der Waals surface area (Å²) in [5, 5.41) is 2.87. The van der Waals surface area contributed by atoms with Crippen molar-refractivity contribution in [3.05, 3.63) is 238 Å². The second kappa shape index (κ2) is 12.7. The number of benzene rings is 8. The van der Waals surface area contributed by atoms with Crippen LogP contribution in [0.3, 0.4) is 0 Å². The third-order valence-corrected chi connectivity index (χ3v) is 16.5. The first kappa shape index (κ1) is 33.7. The minimum atomic E-state index is -3.40. The fraction of sp³-hybridized carbons (Fsp3) is 0.0566. The topological polar surface area (TPSA) is 20.2 Å². The average Bonchev–Trinajstić information content (AvgIpc) is 3.68. The SMILES string of the molecule is C[C@@H]1C=C(c2cc(Br)cc([PH](O)(c3ccccc3)c3ccccc3)c2)c2ccc3c(c2-c2ccccc21)-c1ccccc1C31c2ccccc2-c2ccccc21. The van der Waals surface area contributed by atoms with Gasteiger partial charge in [-0.05, 0) is 0 Å². The van der Waals surface area contributed by atoms with Crippen molar-refractivity contribution in [2.45, 2.75) is 18.3 Å². The van der Waals surface area contributed by atoms with Crippen molar-refractivity contribution < 1.29 is 4.89 Å². The van der Waals surface area contributed by atoms with Gasteiger partial charge in [-0.1, -0.05) is 12.1 Å². The third-order valence-electron chi connectivity index (χ3n) is 12.6. The molecule has 8 aromatic rings. The molecule has 3 heteroatoms. The molecule has 0 heterocycles. The minimum absolute atomic E-state index is 0.143. The van der Waals surface area contributed by atoms with Crippen LogP contribution >= 0.6 is 23.4 Å². The molecule has 0 radical (unpaired) electrons. The van der Waals surface area contributed by atoms with Gasteiger partial charge in [-0.15, -0.1) is 0 Å². The van der Waals surface area contributed by atoms with Crippen molar-refractivity contribution in [3.8, 4) is 33.4 Å². The summed E-state index contributed by atoms with van der Waals surface area (Å²) in [7, 11) is -3.40. The molecule has 0 saturated carbocycles. The van der Waals surface area contributed by atoms with Crippen LogP contribution in [0.25, 0.3) is 39.0 Å². The molecular weight excluding hydrogens is 763 g/mol. The van der Waals surface area contributed by atoms with Gasteiger partial charge in [0.1, 0.15) is 0 Å². The van der Waals surface area contributed by atoms with Crippen LogP contribution in [0.2, 0.25) is 0 Å². The summed E-state index contributed by atoms with van der Waals surface area (Å²) in [4.78, 5) is 13.1. The fourth-order valence-electron chi connectivity index (χ4n) is 10.3. The van der Waals surface area contributed by atoms with Crippen molar-refractivity contribution >= 4 is 44.9 Å². The molecule has 56 heavy (non-hydrogen) atoms. The Balaban J connectivity index is 1.21. The third kappa shape index (κ3) is 4.61. The molecule has 0 saturated heterocycles. The molecule has 1 atom stereocenters. The number of halogens is 1. The van der Waals surface area contributed by atoms with E-state index in [1.54, 1.807) is 0 Å². The molecule has 268 valence electrons. The van der Waals surface area contributed by atoms with Crippen molar-refractivity contribution in [3.63, 3.8) is 0 Å². The van der Waals surface area contributed by atoms with E-state index in [1.165, 1.54) is 72.3 Å². The predicted octanol–water partition coefficient (Wildman–Crippen LogP) is 11.9. The van der Waals surface area contributed by atoms with Gasteiger partial charge in [-0.2, -0.15) is 0 Å². The van der Waals surface area contributed by atoms with Gasteiger partial charge in [0.25, 0.3) is 0 Å². The molecule has 1 N–H and O–H groups in total. The van der Waals surface area contributed by atoms with E-state index in [-0.39, 0.29) is 5.92 Å². The summed E-state index contributed by atoms with van der Waals surface area (Å²) in [5.74, 6) is 0.143. The van der Waals surface area contributed by atoms with Crippen LogP contribution < -0.4 is 15.9 Å². The molecule has 0 aliphatic heterocycles. The average molecular weight is 802 g/mol. The Bertz CT molecular complexity index is 2820. The molecule has 0 fully saturated rings. The Morgan fingerprint density at radius 1 is 0.464 bits per heavy atom. The Morgan fingerprint density at radius 3 is 1.61 bits per heavy atom. The zero-order valence-electron chi connectivity index (χ0n) is 30.9. The van der Waals surface area contributed by atoms with Crippen molar-refractivity contribution in [2.24, 2.45) is 0 Å². The first-order valence-electron chi connectivity index (χ1n) is 19.4. The van der Waals surface area contributed by atoms with E-state index in [9.17, 15) is 4.89 Å². The normalized spacial score (nSPS) is 15.8. The number of rotatable bonds is 4. The molecule has 0 unspecified atom stereocenters. The second-order valence-corrected chi connectivity index (χ2v) is 19.5. The molecule has 0 amide bonds. The summed E-state index contributed by atoms with van der Waals surface area (Å²) in [5.41, 5.74) is 17.5. The van der Waals surface area contributed by atoms with Crippen molar-refractivity contribution in [1.29, 1.82) is 0 Å². The molecule has 3 aliphatic rings. The van der Waals surface area contributed by atoms with E-state index in [1.807, 2.05) is 36.4 Å². The summed E-state index contributed by atoms with van der Waals surface area (Å²) >= 11 is 3.95. The predicted molar refractivity (Wildman–Crippen MR) is 240 cm³/mol. The monoisotopic (exact) mass is 800 g/mol. The van der Waals surface area contributed by atoms with Crippen LogP contribution in [-0.2, 0) is 5.41 Å². The van der Waals surface area contributed by atoms with Crippen LogP contribution in [-0.4, -0.2) is 4.89 Å². The van der Waals surface area contributed by atoms with Gasteiger partial charge >= 0.3 is 327 Å². The Kier molecular flexibility index (Phi) is 7.64. The van der Waals surface area contributed by atoms with Gasteiger partial charge in [0.15, 0.2) is 0 Å². The number of fused-ring (bicyclic) bond motifs is 14.